The number of fused-ring (bicyclic) bond motifs is 2. The Bertz CT molecular complexity index is 204. The normalized spacial score (nSPS) is 48.1. The Labute approximate surface area is 65.8 Å². The maximum Gasteiger partial charge on any atom is 0.311 e. The van der Waals surface area contributed by atoms with Gasteiger partial charge in [0.25, 0.3) is 0 Å². The molecule has 11 heavy (non-hydrogen) atoms. The molecule has 2 atom stereocenters. The van der Waals surface area contributed by atoms with E-state index in [0.29, 0.717) is 6.54 Å². The van der Waals surface area contributed by atoms with E-state index in [2.05, 4.69) is 12.2 Å². The standard InChI is InChI=1S/C8H13NO2/c1-7-2-3-8(4-7,5-9-7)6(10)11/h9H,2-5H2,1H3,(H,10,11). The number of carbonyl (C=O) groups is 1. The van der Waals surface area contributed by atoms with Crippen molar-refractivity contribution in [3.05, 3.63) is 0 Å². The van der Waals surface area contributed by atoms with Gasteiger partial charge in [0.15, 0.2) is 0 Å². The fourth-order valence-electron chi connectivity index (χ4n) is 2.38. The van der Waals surface area contributed by atoms with Crippen LogP contribution in [0.4, 0.5) is 0 Å². The molecule has 3 nitrogen and oxygen atoms in total. The number of nitrogens with one attached hydrogen (secondary N) is 1. The Morgan fingerprint density at radius 2 is 2.27 bits per heavy atom. The highest BCUT2D eigenvalue weighted by Crippen LogP contribution is 2.48. The molecule has 1 aliphatic heterocycles. The van der Waals surface area contributed by atoms with Crippen LogP contribution in [0.5, 0.6) is 0 Å². The second kappa shape index (κ2) is 1.78. The Balaban J connectivity index is 2.27. The van der Waals surface area contributed by atoms with Crippen molar-refractivity contribution < 1.29 is 9.90 Å². The van der Waals surface area contributed by atoms with Crippen LogP contribution >= 0.6 is 0 Å². The number of hydrogen-bond donors (Lipinski definition) is 2. The van der Waals surface area contributed by atoms with Gasteiger partial charge in [-0.05, 0) is 26.2 Å². The van der Waals surface area contributed by atoms with Gasteiger partial charge >= 0.3 is 5.97 Å². The van der Waals surface area contributed by atoms with E-state index < -0.39 is 11.4 Å². The first kappa shape index (κ1) is 7.10. The van der Waals surface area contributed by atoms with Gasteiger partial charge in [0.2, 0.25) is 0 Å². The molecule has 1 aliphatic carbocycles. The van der Waals surface area contributed by atoms with Crippen LogP contribution in [0.1, 0.15) is 26.2 Å². The van der Waals surface area contributed by atoms with Gasteiger partial charge in [-0.2, -0.15) is 0 Å². The SMILES string of the molecule is CC12CCC(C(=O)O)(CN1)C2. The molecule has 1 saturated heterocycles. The van der Waals surface area contributed by atoms with Crippen LogP contribution in [-0.4, -0.2) is 23.2 Å². The highest BCUT2D eigenvalue weighted by molar-refractivity contribution is 5.76. The summed E-state index contributed by atoms with van der Waals surface area (Å²) in [5.74, 6) is -0.619. The van der Waals surface area contributed by atoms with Gasteiger partial charge in [0, 0.05) is 12.1 Å². The zero-order valence-corrected chi connectivity index (χ0v) is 6.68. The molecule has 1 saturated carbocycles. The van der Waals surface area contributed by atoms with Crippen molar-refractivity contribution in [3.63, 3.8) is 0 Å². The summed E-state index contributed by atoms with van der Waals surface area (Å²) in [6, 6.07) is 0. The van der Waals surface area contributed by atoms with Crippen molar-refractivity contribution in [2.75, 3.05) is 6.54 Å². The molecule has 0 spiro atoms. The van der Waals surface area contributed by atoms with Crippen molar-refractivity contribution in [2.45, 2.75) is 31.7 Å². The van der Waals surface area contributed by atoms with Gasteiger partial charge in [0.05, 0.1) is 5.41 Å². The third-order valence-corrected chi connectivity index (χ3v) is 3.19. The minimum absolute atomic E-state index is 0.123. The molecule has 2 fully saturated rings. The van der Waals surface area contributed by atoms with Crippen LogP contribution < -0.4 is 5.32 Å². The molecule has 2 rings (SSSR count). The van der Waals surface area contributed by atoms with Crippen molar-refractivity contribution in [2.24, 2.45) is 5.41 Å². The first-order chi connectivity index (χ1) is 5.06. The third-order valence-electron chi connectivity index (χ3n) is 3.19. The lowest BCUT2D eigenvalue weighted by Gasteiger charge is -2.23. The third kappa shape index (κ3) is 0.805. The lowest BCUT2D eigenvalue weighted by molar-refractivity contribution is -0.147. The molecule has 2 unspecified atom stereocenters. The lowest BCUT2D eigenvalue weighted by Crippen LogP contribution is -2.39. The highest BCUT2D eigenvalue weighted by atomic mass is 16.4. The van der Waals surface area contributed by atoms with Gasteiger partial charge in [-0.25, -0.2) is 0 Å². The van der Waals surface area contributed by atoms with Gasteiger partial charge in [-0.1, -0.05) is 0 Å². The largest absolute Gasteiger partial charge is 0.481 e. The molecule has 0 amide bonds. The number of piperidine rings is 1. The van der Waals surface area contributed by atoms with E-state index in [0.717, 1.165) is 19.3 Å². The van der Waals surface area contributed by atoms with E-state index >= 15 is 0 Å². The number of rotatable bonds is 1. The van der Waals surface area contributed by atoms with E-state index in [4.69, 9.17) is 5.11 Å². The van der Waals surface area contributed by atoms with E-state index in [1.54, 1.807) is 0 Å². The Kier molecular flexibility index (Phi) is 1.15. The summed E-state index contributed by atoms with van der Waals surface area (Å²) in [5.41, 5.74) is -0.298. The molecule has 0 aromatic rings. The molecular weight excluding hydrogens is 142 g/mol. The quantitative estimate of drug-likeness (QED) is 0.583. The maximum absolute atomic E-state index is 10.9. The molecule has 0 radical (unpaired) electrons. The predicted molar refractivity (Wildman–Crippen MR) is 40.3 cm³/mol. The number of carboxylic acids is 1. The number of carboxylic acid groups (broad SMARTS) is 1. The first-order valence-corrected chi connectivity index (χ1v) is 4.05. The summed E-state index contributed by atoms with van der Waals surface area (Å²) in [6.45, 7) is 2.78. The van der Waals surface area contributed by atoms with E-state index in [9.17, 15) is 4.79 Å². The van der Waals surface area contributed by atoms with Gasteiger partial charge in [0.1, 0.15) is 0 Å². The molecule has 2 aliphatic rings. The van der Waals surface area contributed by atoms with Crippen molar-refractivity contribution in [1.82, 2.24) is 5.32 Å². The van der Waals surface area contributed by atoms with Crippen molar-refractivity contribution in [3.8, 4) is 0 Å². The molecule has 0 aromatic carbocycles. The topological polar surface area (TPSA) is 49.3 Å². The van der Waals surface area contributed by atoms with Crippen LogP contribution in [0.2, 0.25) is 0 Å². The summed E-state index contributed by atoms with van der Waals surface area (Å²) >= 11 is 0. The summed E-state index contributed by atoms with van der Waals surface area (Å²) in [4.78, 5) is 10.9. The molecule has 62 valence electrons. The zero-order valence-electron chi connectivity index (χ0n) is 6.68. The lowest BCUT2D eigenvalue weighted by atomic mass is 9.88. The van der Waals surface area contributed by atoms with E-state index in [1.807, 2.05) is 0 Å². The summed E-state index contributed by atoms with van der Waals surface area (Å²) < 4.78 is 0. The first-order valence-electron chi connectivity index (χ1n) is 4.05. The van der Waals surface area contributed by atoms with E-state index in [1.165, 1.54) is 0 Å². The molecule has 3 heteroatoms. The molecule has 0 aromatic heterocycles. The van der Waals surface area contributed by atoms with Crippen LogP contribution in [0.25, 0.3) is 0 Å². The van der Waals surface area contributed by atoms with Crippen LogP contribution in [0.15, 0.2) is 0 Å². The number of aliphatic carboxylic acids is 1. The Morgan fingerprint density at radius 1 is 1.55 bits per heavy atom. The smallest absolute Gasteiger partial charge is 0.311 e. The van der Waals surface area contributed by atoms with Crippen molar-refractivity contribution >= 4 is 5.97 Å². The van der Waals surface area contributed by atoms with E-state index in [-0.39, 0.29) is 5.54 Å². The Hall–Kier alpha value is -0.570. The zero-order chi connectivity index (χ0) is 8.11. The van der Waals surface area contributed by atoms with Crippen molar-refractivity contribution in [1.29, 1.82) is 0 Å². The highest BCUT2D eigenvalue weighted by Gasteiger charge is 2.55. The fraction of sp³-hybridized carbons (Fsp3) is 0.875. The van der Waals surface area contributed by atoms with Crippen LogP contribution in [0.3, 0.4) is 0 Å². The second-order valence-corrected chi connectivity index (χ2v) is 4.18. The molecular formula is C8H13NO2. The van der Waals surface area contributed by atoms with Crippen LogP contribution in [-0.2, 0) is 4.79 Å². The molecule has 2 N–H and O–H groups in total. The average Bonchev–Trinajstić information content (AvgIpc) is 2.42. The van der Waals surface area contributed by atoms with Gasteiger partial charge in [-0.3, -0.25) is 4.79 Å². The molecule has 2 bridgehead atoms. The average molecular weight is 155 g/mol. The van der Waals surface area contributed by atoms with Gasteiger partial charge in [-0.15, -0.1) is 0 Å². The summed E-state index contributed by atoms with van der Waals surface area (Å²) in [7, 11) is 0. The fourth-order valence-corrected chi connectivity index (χ4v) is 2.38. The summed E-state index contributed by atoms with van der Waals surface area (Å²) in [6.07, 6.45) is 2.68. The summed E-state index contributed by atoms with van der Waals surface area (Å²) in [5, 5.41) is 12.2. The number of hydrogen-bond acceptors (Lipinski definition) is 2. The maximum atomic E-state index is 10.9. The minimum atomic E-state index is -0.619. The minimum Gasteiger partial charge on any atom is -0.481 e. The predicted octanol–water partition coefficient (Wildman–Crippen LogP) is 0.603. The van der Waals surface area contributed by atoms with Gasteiger partial charge < -0.3 is 10.4 Å². The second-order valence-electron chi connectivity index (χ2n) is 4.18. The molecule has 1 heterocycles. The Morgan fingerprint density at radius 3 is 2.45 bits per heavy atom. The monoisotopic (exact) mass is 155 g/mol. The van der Waals surface area contributed by atoms with Crippen LogP contribution in [0, 0.1) is 5.41 Å².